The lowest BCUT2D eigenvalue weighted by molar-refractivity contribution is -0.132. The second kappa shape index (κ2) is 9.69. The molecular weight excluding hydrogens is 463 g/mol. The molecule has 1 fully saturated rings. The molecule has 0 radical (unpaired) electrons. The van der Waals surface area contributed by atoms with Crippen molar-refractivity contribution in [3.63, 3.8) is 0 Å². The number of amides is 1. The Bertz CT molecular complexity index is 928. The topological polar surface area (TPSA) is 66.9 Å². The zero-order valence-corrected chi connectivity index (χ0v) is 18.2. The van der Waals surface area contributed by atoms with E-state index in [0.717, 1.165) is 22.4 Å². The van der Waals surface area contributed by atoms with Gasteiger partial charge in [0.15, 0.2) is 0 Å². The van der Waals surface area contributed by atoms with Crippen LogP contribution >= 0.6 is 15.9 Å². The lowest BCUT2D eigenvalue weighted by atomic mass is 10.2. The summed E-state index contributed by atoms with van der Waals surface area (Å²) in [5, 5.41) is 0. The lowest BCUT2D eigenvalue weighted by Crippen LogP contribution is -2.50. The molecule has 0 N–H and O–H groups in total. The molecule has 6 nitrogen and oxygen atoms in total. The number of nitrogens with zero attached hydrogens (tertiary/aromatic N) is 2. The molecule has 0 aromatic heterocycles. The van der Waals surface area contributed by atoms with E-state index in [2.05, 4.69) is 15.9 Å². The van der Waals surface area contributed by atoms with Gasteiger partial charge in [-0.25, -0.2) is 12.8 Å². The molecule has 3 rings (SSSR count). The van der Waals surface area contributed by atoms with Crippen molar-refractivity contribution in [3.05, 3.63) is 58.8 Å². The van der Waals surface area contributed by atoms with Crippen LogP contribution in [0.2, 0.25) is 0 Å². The number of carbonyl (C=O) groups excluding carboxylic acids is 1. The average Bonchev–Trinajstić information content (AvgIpc) is 2.73. The molecule has 0 atom stereocenters. The first-order chi connectivity index (χ1) is 13.9. The van der Waals surface area contributed by atoms with Crippen LogP contribution in [0.15, 0.2) is 57.9 Å². The number of rotatable bonds is 7. The number of hydrogen-bond donors (Lipinski definition) is 0. The molecule has 0 spiro atoms. The Labute approximate surface area is 178 Å². The maximum Gasteiger partial charge on any atom is 0.243 e. The van der Waals surface area contributed by atoms with Gasteiger partial charge in [-0.2, -0.15) is 4.31 Å². The van der Waals surface area contributed by atoms with Crippen molar-refractivity contribution in [2.24, 2.45) is 0 Å². The van der Waals surface area contributed by atoms with Gasteiger partial charge in [0.25, 0.3) is 0 Å². The van der Waals surface area contributed by atoms with Gasteiger partial charge < -0.3 is 9.64 Å². The highest BCUT2D eigenvalue weighted by molar-refractivity contribution is 9.10. The quantitative estimate of drug-likeness (QED) is 0.565. The van der Waals surface area contributed by atoms with Crippen molar-refractivity contribution in [1.29, 1.82) is 0 Å². The molecule has 2 aromatic rings. The number of benzene rings is 2. The normalized spacial score (nSPS) is 15.3. The van der Waals surface area contributed by atoms with Crippen LogP contribution in [-0.2, 0) is 14.8 Å². The summed E-state index contributed by atoms with van der Waals surface area (Å²) in [6.07, 6.45) is 0.935. The Morgan fingerprint density at radius 2 is 1.62 bits per heavy atom. The van der Waals surface area contributed by atoms with Crippen molar-refractivity contribution in [3.8, 4) is 5.75 Å². The Balaban J connectivity index is 1.43. The van der Waals surface area contributed by atoms with Crippen molar-refractivity contribution < 1.29 is 22.3 Å². The van der Waals surface area contributed by atoms with E-state index in [-0.39, 0.29) is 23.9 Å². The van der Waals surface area contributed by atoms with Gasteiger partial charge >= 0.3 is 0 Å². The largest absolute Gasteiger partial charge is 0.494 e. The number of sulfonamides is 1. The third kappa shape index (κ3) is 5.77. The van der Waals surface area contributed by atoms with E-state index in [4.69, 9.17) is 4.74 Å². The number of ether oxygens (including phenoxy) is 1. The first kappa shape index (κ1) is 21.7. The van der Waals surface area contributed by atoms with Gasteiger partial charge in [-0.05, 0) is 55.0 Å². The molecule has 29 heavy (non-hydrogen) atoms. The molecule has 0 saturated carbocycles. The maximum atomic E-state index is 13.0. The average molecular weight is 485 g/mol. The second-order valence-corrected chi connectivity index (χ2v) is 9.50. The van der Waals surface area contributed by atoms with Gasteiger partial charge in [-0.3, -0.25) is 4.79 Å². The predicted octanol–water partition coefficient (Wildman–Crippen LogP) is 3.28. The van der Waals surface area contributed by atoms with Crippen LogP contribution in [0.1, 0.15) is 12.8 Å². The van der Waals surface area contributed by atoms with E-state index in [0.29, 0.717) is 32.5 Å². The SMILES string of the molecule is O=C(CCCOc1ccc(Br)cc1)N1CCN(S(=O)(=O)c2ccc(F)cc2)CC1. The minimum absolute atomic E-state index is 0.0109. The summed E-state index contributed by atoms with van der Waals surface area (Å²) in [5.41, 5.74) is 0. The molecule has 156 valence electrons. The smallest absolute Gasteiger partial charge is 0.243 e. The monoisotopic (exact) mass is 484 g/mol. The van der Waals surface area contributed by atoms with Gasteiger partial charge in [-0.1, -0.05) is 15.9 Å². The fraction of sp³-hybridized carbons (Fsp3) is 0.350. The highest BCUT2D eigenvalue weighted by Crippen LogP contribution is 2.19. The van der Waals surface area contributed by atoms with Crippen molar-refractivity contribution in [2.45, 2.75) is 17.7 Å². The minimum atomic E-state index is -3.68. The van der Waals surface area contributed by atoms with E-state index in [9.17, 15) is 17.6 Å². The molecule has 1 saturated heterocycles. The maximum absolute atomic E-state index is 13.0. The molecule has 0 unspecified atom stereocenters. The molecule has 1 amide bonds. The summed E-state index contributed by atoms with van der Waals surface area (Å²) in [6.45, 7) is 1.56. The van der Waals surface area contributed by atoms with Crippen LogP contribution in [0.3, 0.4) is 0 Å². The van der Waals surface area contributed by atoms with E-state index in [1.165, 1.54) is 16.4 Å². The molecule has 9 heteroatoms. The summed E-state index contributed by atoms with van der Waals surface area (Å²) >= 11 is 3.36. The second-order valence-electron chi connectivity index (χ2n) is 6.64. The fourth-order valence-electron chi connectivity index (χ4n) is 3.04. The van der Waals surface area contributed by atoms with Gasteiger partial charge in [0, 0.05) is 37.1 Å². The highest BCUT2D eigenvalue weighted by Gasteiger charge is 2.29. The third-order valence-corrected chi connectivity index (χ3v) is 7.10. The van der Waals surface area contributed by atoms with Crippen LogP contribution in [0.5, 0.6) is 5.75 Å². The van der Waals surface area contributed by atoms with E-state index >= 15 is 0 Å². The zero-order valence-electron chi connectivity index (χ0n) is 15.8. The predicted molar refractivity (Wildman–Crippen MR) is 111 cm³/mol. The van der Waals surface area contributed by atoms with Gasteiger partial charge in [-0.15, -0.1) is 0 Å². The number of piperazine rings is 1. The summed E-state index contributed by atoms with van der Waals surface area (Å²) in [4.78, 5) is 14.1. The molecule has 1 aliphatic rings. The van der Waals surface area contributed by atoms with E-state index in [1.807, 2.05) is 24.3 Å². The molecule has 1 aliphatic heterocycles. The Morgan fingerprint density at radius 1 is 1.00 bits per heavy atom. The van der Waals surface area contributed by atoms with Crippen molar-refractivity contribution in [1.82, 2.24) is 9.21 Å². The van der Waals surface area contributed by atoms with Crippen LogP contribution < -0.4 is 4.74 Å². The number of carbonyl (C=O) groups is 1. The van der Waals surface area contributed by atoms with Gasteiger partial charge in [0.2, 0.25) is 15.9 Å². The van der Waals surface area contributed by atoms with Crippen LogP contribution in [0, 0.1) is 5.82 Å². The van der Waals surface area contributed by atoms with Crippen LogP contribution in [0.25, 0.3) is 0 Å². The van der Waals surface area contributed by atoms with Gasteiger partial charge in [0.05, 0.1) is 11.5 Å². The molecular formula is C20H22BrFN2O4S. The molecule has 0 bridgehead atoms. The summed E-state index contributed by atoms with van der Waals surface area (Å²) in [7, 11) is -3.68. The number of hydrogen-bond acceptors (Lipinski definition) is 4. The number of halogens is 2. The first-order valence-corrected chi connectivity index (χ1v) is 11.5. The Morgan fingerprint density at radius 3 is 2.24 bits per heavy atom. The molecule has 1 heterocycles. The standard InChI is InChI=1S/C20H22BrFN2O4S/c21-16-3-7-18(8-4-16)28-15-1-2-20(25)23-11-13-24(14-12-23)29(26,27)19-9-5-17(22)6-10-19/h3-10H,1-2,11-15H2. The van der Waals surface area contributed by atoms with E-state index < -0.39 is 15.8 Å². The highest BCUT2D eigenvalue weighted by atomic mass is 79.9. The van der Waals surface area contributed by atoms with Crippen LogP contribution in [0.4, 0.5) is 4.39 Å². The first-order valence-electron chi connectivity index (χ1n) is 9.28. The third-order valence-electron chi connectivity index (χ3n) is 4.66. The fourth-order valence-corrected chi connectivity index (χ4v) is 4.72. The lowest BCUT2D eigenvalue weighted by Gasteiger charge is -2.34. The minimum Gasteiger partial charge on any atom is -0.494 e. The van der Waals surface area contributed by atoms with Crippen molar-refractivity contribution >= 4 is 31.9 Å². The molecule has 0 aliphatic carbocycles. The van der Waals surface area contributed by atoms with Gasteiger partial charge in [0.1, 0.15) is 11.6 Å². The summed E-state index contributed by atoms with van der Waals surface area (Å²) in [5.74, 6) is 0.256. The van der Waals surface area contributed by atoms with Crippen molar-refractivity contribution in [2.75, 3.05) is 32.8 Å². The Hall–Kier alpha value is -1.97. The summed E-state index contributed by atoms with van der Waals surface area (Å²) in [6, 6.07) is 12.3. The van der Waals surface area contributed by atoms with Crippen LogP contribution in [-0.4, -0.2) is 56.3 Å². The molecule has 2 aromatic carbocycles. The zero-order chi connectivity index (χ0) is 20.9. The van der Waals surface area contributed by atoms with E-state index in [1.54, 1.807) is 4.90 Å². The Kier molecular flexibility index (Phi) is 7.26. The summed E-state index contributed by atoms with van der Waals surface area (Å²) < 4.78 is 46.2.